The van der Waals surface area contributed by atoms with Crippen LogP contribution in [0, 0.1) is 11.2 Å². The minimum Gasteiger partial charge on any atom is -0.493 e. The van der Waals surface area contributed by atoms with Gasteiger partial charge in [-0.25, -0.2) is 4.39 Å². The van der Waals surface area contributed by atoms with Crippen LogP contribution in [0.3, 0.4) is 0 Å². The van der Waals surface area contributed by atoms with Gasteiger partial charge in [0.2, 0.25) is 0 Å². The van der Waals surface area contributed by atoms with Gasteiger partial charge in [-0.1, -0.05) is 12.5 Å². The normalized spacial score (nSPS) is 17.2. The number of carbonyl (C=O) groups is 1. The molecule has 0 radical (unpaired) electrons. The first kappa shape index (κ1) is 11.9. The molecule has 0 bridgehead atoms. The fraction of sp³-hybridized carbons (Fsp3) is 0.462. The number of benzene rings is 1. The first-order valence-corrected chi connectivity index (χ1v) is 5.74. The molecule has 0 unspecified atom stereocenters. The summed E-state index contributed by atoms with van der Waals surface area (Å²) in [6.07, 6.45) is 2.88. The van der Waals surface area contributed by atoms with Crippen molar-refractivity contribution in [2.45, 2.75) is 25.7 Å². The van der Waals surface area contributed by atoms with Gasteiger partial charge in [-0.05, 0) is 31.4 Å². The Balaban J connectivity index is 1.85. The molecule has 3 nitrogen and oxygen atoms in total. The Morgan fingerprint density at radius 2 is 2.24 bits per heavy atom. The van der Waals surface area contributed by atoms with Gasteiger partial charge in [0.1, 0.15) is 11.6 Å². The number of aliphatic carboxylic acids is 1. The first-order chi connectivity index (χ1) is 8.12. The highest BCUT2D eigenvalue weighted by molar-refractivity contribution is 5.75. The van der Waals surface area contributed by atoms with Crippen molar-refractivity contribution in [1.29, 1.82) is 0 Å². The summed E-state index contributed by atoms with van der Waals surface area (Å²) in [5.74, 6) is -0.643. The molecule has 0 aliphatic heterocycles. The summed E-state index contributed by atoms with van der Waals surface area (Å²) in [4.78, 5) is 11.1. The molecule has 0 aromatic heterocycles. The zero-order valence-corrected chi connectivity index (χ0v) is 9.49. The zero-order chi connectivity index (χ0) is 12.3. The average Bonchev–Trinajstić information content (AvgIpc) is 2.21. The van der Waals surface area contributed by atoms with Gasteiger partial charge in [-0.15, -0.1) is 0 Å². The van der Waals surface area contributed by atoms with Crippen molar-refractivity contribution in [2.75, 3.05) is 6.61 Å². The van der Waals surface area contributed by atoms with Crippen molar-refractivity contribution in [3.8, 4) is 5.75 Å². The van der Waals surface area contributed by atoms with Crippen LogP contribution in [0.2, 0.25) is 0 Å². The van der Waals surface area contributed by atoms with Crippen LogP contribution in [-0.4, -0.2) is 17.7 Å². The number of hydrogen-bond acceptors (Lipinski definition) is 2. The average molecular weight is 238 g/mol. The van der Waals surface area contributed by atoms with Crippen molar-refractivity contribution in [1.82, 2.24) is 0 Å². The van der Waals surface area contributed by atoms with E-state index in [0.717, 1.165) is 19.3 Å². The first-order valence-electron chi connectivity index (χ1n) is 5.74. The van der Waals surface area contributed by atoms with Gasteiger partial charge in [0.15, 0.2) is 0 Å². The van der Waals surface area contributed by atoms with E-state index in [2.05, 4.69) is 0 Å². The van der Waals surface area contributed by atoms with Crippen LogP contribution in [0.4, 0.5) is 4.39 Å². The van der Waals surface area contributed by atoms with Gasteiger partial charge in [-0.3, -0.25) is 4.79 Å². The van der Waals surface area contributed by atoms with Crippen LogP contribution in [-0.2, 0) is 4.79 Å². The van der Waals surface area contributed by atoms with Gasteiger partial charge in [-0.2, -0.15) is 0 Å². The van der Waals surface area contributed by atoms with E-state index in [1.54, 1.807) is 12.1 Å². The van der Waals surface area contributed by atoms with Gasteiger partial charge < -0.3 is 9.84 Å². The predicted molar refractivity (Wildman–Crippen MR) is 60.4 cm³/mol. The molecule has 1 aliphatic rings. The third-order valence-corrected chi connectivity index (χ3v) is 3.41. The molecule has 2 rings (SSSR count). The molecule has 1 aliphatic carbocycles. The molecule has 0 amide bonds. The molecule has 1 aromatic carbocycles. The van der Waals surface area contributed by atoms with E-state index in [-0.39, 0.29) is 5.82 Å². The molecule has 0 spiro atoms. The van der Waals surface area contributed by atoms with Crippen LogP contribution < -0.4 is 4.74 Å². The summed E-state index contributed by atoms with van der Waals surface area (Å²) < 4.78 is 18.2. The maximum Gasteiger partial charge on any atom is 0.309 e. The highest BCUT2D eigenvalue weighted by Gasteiger charge is 2.43. The molecule has 0 saturated heterocycles. The number of ether oxygens (including phenoxy) is 1. The van der Waals surface area contributed by atoms with E-state index in [1.165, 1.54) is 12.1 Å². The lowest BCUT2D eigenvalue weighted by Crippen LogP contribution is -2.39. The van der Waals surface area contributed by atoms with Crippen LogP contribution in [0.5, 0.6) is 5.75 Å². The van der Waals surface area contributed by atoms with E-state index in [1.807, 2.05) is 0 Å². The Hall–Kier alpha value is -1.58. The summed E-state index contributed by atoms with van der Waals surface area (Å²) in [5.41, 5.74) is -0.604. The Labute approximate surface area is 99.2 Å². The number of rotatable bonds is 5. The maximum atomic E-state index is 12.9. The number of hydrogen-bond donors (Lipinski definition) is 1. The van der Waals surface area contributed by atoms with E-state index in [0.29, 0.717) is 18.8 Å². The fourth-order valence-corrected chi connectivity index (χ4v) is 2.10. The molecular weight excluding hydrogens is 223 g/mol. The monoisotopic (exact) mass is 238 g/mol. The molecule has 1 saturated carbocycles. The molecule has 17 heavy (non-hydrogen) atoms. The van der Waals surface area contributed by atoms with Gasteiger partial charge in [0, 0.05) is 6.07 Å². The Morgan fingerprint density at radius 1 is 1.47 bits per heavy atom. The fourth-order valence-electron chi connectivity index (χ4n) is 2.10. The van der Waals surface area contributed by atoms with Gasteiger partial charge in [0.05, 0.1) is 12.0 Å². The molecule has 92 valence electrons. The lowest BCUT2D eigenvalue weighted by atomic mass is 9.67. The van der Waals surface area contributed by atoms with E-state index in [4.69, 9.17) is 9.84 Å². The van der Waals surface area contributed by atoms with Crippen molar-refractivity contribution >= 4 is 5.97 Å². The molecule has 4 heteroatoms. The van der Waals surface area contributed by atoms with Crippen LogP contribution in [0.25, 0.3) is 0 Å². The van der Waals surface area contributed by atoms with Crippen LogP contribution >= 0.6 is 0 Å². The number of halogens is 1. The van der Waals surface area contributed by atoms with Gasteiger partial charge >= 0.3 is 5.97 Å². The van der Waals surface area contributed by atoms with Crippen LogP contribution in [0.1, 0.15) is 25.7 Å². The third kappa shape index (κ3) is 2.57. The Kier molecular flexibility index (Phi) is 3.31. The topological polar surface area (TPSA) is 46.5 Å². The highest BCUT2D eigenvalue weighted by atomic mass is 19.1. The van der Waals surface area contributed by atoms with E-state index < -0.39 is 11.4 Å². The van der Waals surface area contributed by atoms with Crippen molar-refractivity contribution < 1.29 is 19.0 Å². The Bertz CT molecular complexity index is 413. The molecular formula is C13H15FO3. The molecule has 0 atom stereocenters. The minimum absolute atomic E-state index is 0.315. The second-order valence-corrected chi connectivity index (χ2v) is 4.49. The molecule has 1 fully saturated rings. The molecule has 0 heterocycles. The summed E-state index contributed by atoms with van der Waals surface area (Å²) in [6.45, 7) is 0.315. The smallest absolute Gasteiger partial charge is 0.309 e. The summed E-state index contributed by atoms with van der Waals surface area (Å²) in [5, 5.41) is 9.11. The summed E-state index contributed by atoms with van der Waals surface area (Å²) in [6, 6.07) is 5.88. The lowest BCUT2D eigenvalue weighted by molar-refractivity contribution is -0.155. The predicted octanol–water partition coefficient (Wildman–Crippen LogP) is 2.85. The van der Waals surface area contributed by atoms with Crippen molar-refractivity contribution in [3.05, 3.63) is 30.1 Å². The second-order valence-electron chi connectivity index (χ2n) is 4.49. The summed E-state index contributed by atoms with van der Waals surface area (Å²) >= 11 is 0. The molecule has 1 N–H and O–H groups in total. The number of carboxylic acids is 1. The quantitative estimate of drug-likeness (QED) is 0.858. The van der Waals surface area contributed by atoms with E-state index >= 15 is 0 Å². The maximum absolute atomic E-state index is 12.9. The lowest BCUT2D eigenvalue weighted by Gasteiger charge is -2.37. The van der Waals surface area contributed by atoms with Gasteiger partial charge in [0.25, 0.3) is 0 Å². The Morgan fingerprint density at radius 3 is 2.76 bits per heavy atom. The minimum atomic E-state index is -0.744. The van der Waals surface area contributed by atoms with Crippen molar-refractivity contribution in [3.63, 3.8) is 0 Å². The molecule has 1 aromatic rings. The number of carboxylic acid groups (broad SMARTS) is 1. The largest absolute Gasteiger partial charge is 0.493 e. The van der Waals surface area contributed by atoms with E-state index in [9.17, 15) is 9.18 Å². The third-order valence-electron chi connectivity index (χ3n) is 3.41. The standard InChI is InChI=1S/C13H15FO3/c14-10-3-1-4-11(9-10)17-8-7-13(12(15)16)5-2-6-13/h1,3-4,9H,2,5-8H2,(H,15,16). The summed E-state index contributed by atoms with van der Waals surface area (Å²) in [7, 11) is 0. The second kappa shape index (κ2) is 4.73. The van der Waals surface area contributed by atoms with Crippen LogP contribution in [0.15, 0.2) is 24.3 Å². The SMILES string of the molecule is O=C(O)C1(CCOc2cccc(F)c2)CCC1. The highest BCUT2D eigenvalue weighted by Crippen LogP contribution is 2.44. The zero-order valence-electron chi connectivity index (χ0n) is 9.49. The van der Waals surface area contributed by atoms with Crippen molar-refractivity contribution in [2.24, 2.45) is 5.41 Å².